The van der Waals surface area contributed by atoms with Gasteiger partial charge < -0.3 is 15.7 Å². The van der Waals surface area contributed by atoms with Gasteiger partial charge in [0.2, 0.25) is 0 Å². The van der Waals surface area contributed by atoms with E-state index in [0.29, 0.717) is 5.02 Å². The summed E-state index contributed by atoms with van der Waals surface area (Å²) in [6.45, 7) is 3.29. The molecule has 0 unspecified atom stereocenters. The molecule has 3 N–H and O–H groups in total. The molecule has 2 aliphatic heterocycles. The van der Waals surface area contributed by atoms with Crippen LogP contribution in [0.5, 0.6) is 0 Å². The van der Waals surface area contributed by atoms with Gasteiger partial charge in [0, 0.05) is 36.8 Å². The Morgan fingerprint density at radius 1 is 1.10 bits per heavy atom. The van der Waals surface area contributed by atoms with Crippen LogP contribution in [0.2, 0.25) is 5.02 Å². The van der Waals surface area contributed by atoms with Gasteiger partial charge >= 0.3 is 5.97 Å². The van der Waals surface area contributed by atoms with E-state index in [-0.39, 0.29) is 4.90 Å². The molecule has 2 heterocycles. The lowest BCUT2D eigenvalue weighted by Gasteiger charge is -2.17. The van der Waals surface area contributed by atoms with Gasteiger partial charge in [0.25, 0.3) is 0 Å². The second-order valence-electron chi connectivity index (χ2n) is 6.87. The number of hydrogen-bond acceptors (Lipinski definition) is 6. The highest BCUT2D eigenvalue weighted by atomic mass is 35.5. The largest absolute Gasteiger partial charge is 0.480 e. The number of aliphatic carboxylic acids is 1. The first-order valence-corrected chi connectivity index (χ1v) is 11.8. The van der Waals surface area contributed by atoms with Crippen LogP contribution in [0.4, 0.5) is 0 Å². The van der Waals surface area contributed by atoms with Crippen LogP contribution >= 0.6 is 11.6 Å². The molecule has 160 valence electrons. The van der Waals surface area contributed by atoms with Gasteiger partial charge in [-0.25, -0.2) is 8.42 Å². The minimum atomic E-state index is -3.73. The number of nitrogens with zero attached hydrogens (tertiary/aromatic N) is 1. The summed E-state index contributed by atoms with van der Waals surface area (Å²) in [4.78, 5) is 14.7. The molecule has 0 aliphatic carbocycles. The van der Waals surface area contributed by atoms with Crippen molar-refractivity contribution in [2.24, 2.45) is 4.99 Å². The number of hydrogen-bond donors (Lipinski definition) is 3. The summed E-state index contributed by atoms with van der Waals surface area (Å²) in [5, 5.41) is 15.6. The summed E-state index contributed by atoms with van der Waals surface area (Å²) in [5.74, 6) is -1.06. The number of rotatable bonds is 7. The standard InChI is InChI=1S/C12H21N3.C8H7ClO4S/c1-2-8-13-11(5-1)6-3-7-12-14-9-4-10-15-12;9-6-1-3-7(4-2-6)14(12,13)5-8(10)11/h5,13H,1-4,6-10H2,(H,14,15);1-4H,5H2,(H,10,11). The lowest BCUT2D eigenvalue weighted by Crippen LogP contribution is -2.29. The summed E-state index contributed by atoms with van der Waals surface area (Å²) < 4.78 is 22.7. The van der Waals surface area contributed by atoms with Crippen molar-refractivity contribution >= 4 is 33.2 Å². The van der Waals surface area contributed by atoms with Crippen molar-refractivity contribution in [3.63, 3.8) is 0 Å². The molecule has 0 amide bonds. The Labute approximate surface area is 177 Å². The van der Waals surface area contributed by atoms with Gasteiger partial charge in [-0.3, -0.25) is 9.79 Å². The fraction of sp³-hybridized carbons (Fsp3) is 0.500. The molecule has 0 bridgehead atoms. The van der Waals surface area contributed by atoms with E-state index in [4.69, 9.17) is 16.7 Å². The van der Waals surface area contributed by atoms with Crippen LogP contribution in [0.25, 0.3) is 0 Å². The Balaban J connectivity index is 0.000000208. The van der Waals surface area contributed by atoms with Gasteiger partial charge in [0.1, 0.15) is 0 Å². The quantitative estimate of drug-likeness (QED) is 0.600. The van der Waals surface area contributed by atoms with Crippen LogP contribution in [-0.4, -0.2) is 50.7 Å². The maximum Gasteiger partial charge on any atom is 0.319 e. The highest BCUT2D eigenvalue weighted by Gasteiger charge is 2.18. The van der Waals surface area contributed by atoms with Crippen molar-refractivity contribution in [3.8, 4) is 0 Å². The molecular formula is C20H28ClN3O4S. The zero-order chi connectivity index (χ0) is 21.1. The predicted molar refractivity (Wildman–Crippen MR) is 115 cm³/mol. The smallest absolute Gasteiger partial charge is 0.319 e. The van der Waals surface area contributed by atoms with Crippen LogP contribution < -0.4 is 10.6 Å². The SMILES string of the molecule is C1=C(CCCC2=NCCCN2)NCCC1.O=C(O)CS(=O)(=O)c1ccc(Cl)cc1. The Morgan fingerprint density at radius 3 is 2.41 bits per heavy atom. The van der Waals surface area contributed by atoms with Crippen LogP contribution in [0.3, 0.4) is 0 Å². The van der Waals surface area contributed by atoms with E-state index in [9.17, 15) is 13.2 Å². The summed E-state index contributed by atoms with van der Waals surface area (Å²) in [6.07, 6.45) is 9.58. The number of allylic oxidation sites excluding steroid dienone is 2. The first-order chi connectivity index (χ1) is 13.9. The van der Waals surface area contributed by atoms with E-state index in [2.05, 4.69) is 21.7 Å². The fourth-order valence-corrected chi connectivity index (χ4v) is 4.14. The molecule has 0 saturated carbocycles. The van der Waals surface area contributed by atoms with E-state index < -0.39 is 21.6 Å². The van der Waals surface area contributed by atoms with Crippen molar-refractivity contribution in [2.75, 3.05) is 25.4 Å². The summed E-state index contributed by atoms with van der Waals surface area (Å²) in [7, 11) is -3.73. The lowest BCUT2D eigenvalue weighted by molar-refractivity contribution is -0.134. The second-order valence-corrected chi connectivity index (χ2v) is 9.29. The van der Waals surface area contributed by atoms with Crippen LogP contribution in [0, 0.1) is 0 Å². The molecule has 0 aromatic heterocycles. The number of carbonyl (C=O) groups is 1. The molecule has 2 aliphatic rings. The molecule has 1 aromatic rings. The van der Waals surface area contributed by atoms with Crippen LogP contribution in [-0.2, 0) is 14.6 Å². The van der Waals surface area contributed by atoms with Gasteiger partial charge in [-0.1, -0.05) is 17.7 Å². The zero-order valence-electron chi connectivity index (χ0n) is 16.4. The number of aliphatic imine (C=N–C) groups is 1. The van der Waals surface area contributed by atoms with Gasteiger partial charge in [0.05, 0.1) is 10.7 Å². The predicted octanol–water partition coefficient (Wildman–Crippen LogP) is 3.01. The van der Waals surface area contributed by atoms with E-state index in [0.717, 1.165) is 26.1 Å². The molecule has 0 spiro atoms. The van der Waals surface area contributed by atoms with Gasteiger partial charge in [-0.05, 0) is 56.4 Å². The third-order valence-corrected chi connectivity index (χ3v) is 6.31. The van der Waals surface area contributed by atoms with E-state index in [1.807, 2.05) is 0 Å². The first-order valence-electron chi connectivity index (χ1n) is 9.77. The van der Waals surface area contributed by atoms with Gasteiger partial charge in [-0.15, -0.1) is 0 Å². The number of benzene rings is 1. The monoisotopic (exact) mass is 441 g/mol. The normalized spacial score (nSPS) is 16.3. The van der Waals surface area contributed by atoms with Crippen LogP contribution in [0.15, 0.2) is 45.9 Å². The average Bonchev–Trinajstić information content (AvgIpc) is 2.69. The second kappa shape index (κ2) is 11.8. The number of halogens is 1. The molecule has 3 rings (SSSR count). The maximum absolute atomic E-state index is 11.3. The van der Waals surface area contributed by atoms with E-state index in [1.165, 1.54) is 67.9 Å². The minimum Gasteiger partial charge on any atom is -0.480 e. The topological polar surface area (TPSA) is 108 Å². The molecule has 7 nitrogen and oxygen atoms in total. The Morgan fingerprint density at radius 2 is 1.83 bits per heavy atom. The van der Waals surface area contributed by atoms with Crippen molar-refractivity contribution < 1.29 is 18.3 Å². The highest BCUT2D eigenvalue weighted by molar-refractivity contribution is 7.92. The first kappa shape index (κ1) is 23.2. The Hall–Kier alpha value is -2.06. The molecule has 0 atom stereocenters. The van der Waals surface area contributed by atoms with Crippen molar-refractivity contribution in [3.05, 3.63) is 41.1 Å². The lowest BCUT2D eigenvalue weighted by atomic mass is 10.1. The average molecular weight is 442 g/mol. The van der Waals surface area contributed by atoms with E-state index in [1.54, 1.807) is 0 Å². The van der Waals surface area contributed by atoms with E-state index >= 15 is 0 Å². The summed E-state index contributed by atoms with van der Waals surface area (Å²) in [5.41, 5.74) is 1.44. The molecule has 1 aromatic carbocycles. The minimum absolute atomic E-state index is 0.0377. The van der Waals surface area contributed by atoms with Gasteiger partial charge in [-0.2, -0.15) is 0 Å². The third kappa shape index (κ3) is 8.87. The molecule has 0 radical (unpaired) electrons. The Kier molecular flexibility index (Phi) is 9.47. The van der Waals surface area contributed by atoms with Crippen LogP contribution in [0.1, 0.15) is 38.5 Å². The maximum atomic E-state index is 11.3. The molecular weight excluding hydrogens is 414 g/mol. The molecule has 0 fully saturated rings. The van der Waals surface area contributed by atoms with Crippen molar-refractivity contribution in [1.82, 2.24) is 10.6 Å². The number of nitrogens with one attached hydrogen (secondary N) is 2. The van der Waals surface area contributed by atoms with Crippen molar-refractivity contribution in [1.29, 1.82) is 0 Å². The Bertz CT molecular complexity index is 810. The fourth-order valence-electron chi connectivity index (χ4n) is 2.97. The summed E-state index contributed by atoms with van der Waals surface area (Å²) in [6, 6.07) is 5.35. The third-order valence-electron chi connectivity index (χ3n) is 4.44. The van der Waals surface area contributed by atoms with Crippen molar-refractivity contribution in [2.45, 2.75) is 43.4 Å². The summed E-state index contributed by atoms with van der Waals surface area (Å²) >= 11 is 5.56. The number of sulfone groups is 1. The molecule has 29 heavy (non-hydrogen) atoms. The highest BCUT2D eigenvalue weighted by Crippen LogP contribution is 2.15. The number of amidine groups is 1. The molecule has 0 saturated heterocycles. The van der Waals surface area contributed by atoms with Gasteiger partial charge in [0.15, 0.2) is 15.6 Å². The number of carboxylic acids is 1. The number of carboxylic acid groups (broad SMARTS) is 1. The zero-order valence-corrected chi connectivity index (χ0v) is 17.9. The molecule has 9 heteroatoms.